The van der Waals surface area contributed by atoms with Crippen molar-refractivity contribution < 1.29 is 4.92 Å². The van der Waals surface area contributed by atoms with E-state index < -0.39 is 4.92 Å². The highest BCUT2D eigenvalue weighted by Gasteiger charge is 2.19. The molecule has 10 heteroatoms. The van der Waals surface area contributed by atoms with Gasteiger partial charge in [0.25, 0.3) is 5.69 Å². The number of nitrogens with zero attached hydrogens (tertiary/aromatic N) is 6. The monoisotopic (exact) mass is 1070 g/mol. The molecular weight excluding hydrogens is 1010 g/mol. The fourth-order valence-electron chi connectivity index (χ4n) is 10.2. The molecule has 0 saturated heterocycles. The first-order valence-electron chi connectivity index (χ1n) is 27.4. The van der Waals surface area contributed by atoms with Crippen LogP contribution in [0.25, 0.3) is 55.7 Å². The van der Waals surface area contributed by atoms with Crippen LogP contribution in [0.3, 0.4) is 0 Å². The maximum Gasteiger partial charge on any atom is 0.269 e. The van der Waals surface area contributed by atoms with Gasteiger partial charge in [0.05, 0.1) is 28.3 Å². The molecule has 10 rings (SSSR count). The van der Waals surface area contributed by atoms with E-state index in [9.17, 15) is 15.4 Å². The number of aryl methyl sites for hydroxylation is 1. The predicted molar refractivity (Wildman–Crippen MR) is 333 cm³/mol. The quantitative estimate of drug-likeness (QED) is 0.0195. The van der Waals surface area contributed by atoms with Crippen LogP contribution in [-0.2, 0) is 6.42 Å². The number of nitriles is 1. The maximum atomic E-state index is 11.2. The predicted octanol–water partition coefficient (Wildman–Crippen LogP) is 20.6. The number of rotatable bonds is 24. The summed E-state index contributed by atoms with van der Waals surface area (Å²) in [5.41, 5.74) is 15.8. The molecule has 0 bridgehead atoms. The third kappa shape index (κ3) is 13.3. The first-order valence-corrected chi connectivity index (χ1v) is 29.0. The molecule has 0 atom stereocenters. The van der Waals surface area contributed by atoms with E-state index in [1.54, 1.807) is 18.2 Å². The SMILES string of the molecule is CCCCCCCCCCCCc1cc(-c2ccc(/C=C/c3ccc(N(c4ccccc4)c4ccc(/C=C(\C#N)c5ccc([N+](=O)[O-])cc5)cc4)cc3)c3nsnc23)sc1-c1ccc(N(c2ccccc2)c2ccccc2)cc1. The number of nitro benzene ring substituents is 1. The highest BCUT2D eigenvalue weighted by molar-refractivity contribution is 7.19. The van der Waals surface area contributed by atoms with Crippen LogP contribution < -0.4 is 9.80 Å². The van der Waals surface area contributed by atoms with E-state index in [0.717, 1.165) is 73.8 Å². The van der Waals surface area contributed by atoms with E-state index in [-0.39, 0.29) is 5.69 Å². The Morgan fingerprint density at radius 3 is 1.58 bits per heavy atom. The molecule has 79 heavy (non-hydrogen) atoms. The minimum atomic E-state index is -0.445. The molecule has 10 aromatic rings. The molecule has 0 fully saturated rings. The largest absolute Gasteiger partial charge is 0.311 e. The van der Waals surface area contributed by atoms with Gasteiger partial charge in [-0.05, 0) is 138 Å². The Labute approximate surface area is 472 Å². The summed E-state index contributed by atoms with van der Waals surface area (Å²) in [5, 5.41) is 21.2. The van der Waals surface area contributed by atoms with Crippen LogP contribution in [0.1, 0.15) is 98.9 Å². The smallest absolute Gasteiger partial charge is 0.269 e. The summed E-state index contributed by atoms with van der Waals surface area (Å²) in [6.45, 7) is 2.28. The molecule has 0 N–H and O–H groups in total. The van der Waals surface area contributed by atoms with Crippen LogP contribution in [0, 0.1) is 21.4 Å². The van der Waals surface area contributed by atoms with E-state index in [1.165, 1.54) is 109 Å². The standard InChI is InChI=1S/C69H62N6O2S2/c1-2-3-4-5-6-7-8-9-10-14-21-56-49-66(78-69(56)55-36-43-63(44-37-55)73(58-22-15-11-16-23-58)59-24-17-12-18-25-59)65-47-38-54(67-68(65)72-79-71-67)33-28-51-29-39-61(40-30-51)74(60-26-19-13-20-27-60)62-41-31-52(32-42-62)48-57(50-70)53-34-45-64(46-35-53)75(76)77/h11-13,15-20,22-49H,2-10,14,21H2,1H3/b33-28+,57-48+. The maximum absolute atomic E-state index is 11.2. The molecule has 0 unspecified atom stereocenters. The number of benzene rings is 8. The number of hydrogen-bond donors (Lipinski definition) is 0. The fourth-order valence-corrected chi connectivity index (χ4v) is 12.0. The summed E-state index contributed by atoms with van der Waals surface area (Å²) in [6.07, 6.45) is 20.2. The summed E-state index contributed by atoms with van der Waals surface area (Å²) < 4.78 is 9.80. The van der Waals surface area contributed by atoms with Gasteiger partial charge < -0.3 is 9.80 Å². The Bertz CT molecular complexity index is 3640. The molecular formula is C69H62N6O2S2. The molecule has 0 aliphatic heterocycles. The minimum absolute atomic E-state index is 0.0167. The van der Waals surface area contributed by atoms with Gasteiger partial charge in [0, 0.05) is 67.1 Å². The molecule has 0 radical (unpaired) electrons. The first kappa shape index (κ1) is 53.6. The summed E-state index contributed by atoms with van der Waals surface area (Å²) in [6, 6.07) is 72.2. The van der Waals surface area contributed by atoms with Crippen LogP contribution in [0.4, 0.5) is 39.8 Å². The van der Waals surface area contributed by atoms with Gasteiger partial charge in [-0.25, -0.2) is 0 Å². The molecule has 0 amide bonds. The van der Waals surface area contributed by atoms with E-state index in [4.69, 9.17) is 8.75 Å². The molecule has 0 spiro atoms. The van der Waals surface area contributed by atoms with E-state index in [1.807, 2.05) is 53.8 Å². The number of aromatic nitrogens is 2. The van der Waals surface area contributed by atoms with Crippen molar-refractivity contribution in [3.63, 3.8) is 0 Å². The molecule has 0 aliphatic rings. The third-order valence-electron chi connectivity index (χ3n) is 14.3. The zero-order chi connectivity index (χ0) is 54.2. The lowest BCUT2D eigenvalue weighted by Gasteiger charge is -2.25. The van der Waals surface area contributed by atoms with E-state index in [2.05, 4.69) is 174 Å². The Kier molecular flexibility index (Phi) is 18.0. The molecule has 8 nitrogen and oxygen atoms in total. The van der Waals surface area contributed by atoms with Crippen LogP contribution in [0.5, 0.6) is 0 Å². The van der Waals surface area contributed by atoms with Crippen molar-refractivity contribution in [1.29, 1.82) is 5.26 Å². The Morgan fingerprint density at radius 1 is 0.557 bits per heavy atom. The lowest BCUT2D eigenvalue weighted by atomic mass is 10.0. The molecule has 8 aromatic carbocycles. The van der Waals surface area contributed by atoms with Gasteiger partial charge in [0.1, 0.15) is 11.0 Å². The average Bonchev–Trinajstić information content (AvgIpc) is 4.30. The first-order chi connectivity index (χ1) is 38.9. The normalized spacial score (nSPS) is 11.5. The minimum Gasteiger partial charge on any atom is -0.311 e. The van der Waals surface area contributed by atoms with Gasteiger partial charge >= 0.3 is 0 Å². The topological polar surface area (TPSA) is 99.2 Å². The van der Waals surface area contributed by atoms with Gasteiger partial charge in [0.2, 0.25) is 0 Å². The van der Waals surface area contributed by atoms with Crippen LogP contribution in [-0.4, -0.2) is 13.7 Å². The number of anilines is 6. The molecule has 0 aliphatic carbocycles. The van der Waals surface area contributed by atoms with Crippen molar-refractivity contribution in [2.45, 2.75) is 77.6 Å². The number of para-hydroxylation sites is 3. The van der Waals surface area contributed by atoms with Crippen molar-refractivity contribution in [1.82, 2.24) is 8.75 Å². The molecule has 0 saturated carbocycles. The second kappa shape index (κ2) is 26.5. The number of fused-ring (bicyclic) bond motifs is 1. The van der Waals surface area contributed by atoms with E-state index >= 15 is 0 Å². The summed E-state index contributed by atoms with van der Waals surface area (Å²) >= 11 is 3.12. The van der Waals surface area contributed by atoms with Gasteiger partial charge in [-0.15, -0.1) is 11.3 Å². The Morgan fingerprint density at radius 2 is 1.05 bits per heavy atom. The molecule has 2 aromatic heterocycles. The van der Waals surface area contributed by atoms with Crippen molar-refractivity contribution in [2.24, 2.45) is 0 Å². The summed E-state index contributed by atoms with van der Waals surface area (Å²) in [5.74, 6) is 0. The van der Waals surface area contributed by atoms with Gasteiger partial charge in [-0.2, -0.15) is 14.0 Å². The van der Waals surface area contributed by atoms with Crippen molar-refractivity contribution >= 4 is 97.7 Å². The van der Waals surface area contributed by atoms with Gasteiger partial charge in [-0.3, -0.25) is 10.1 Å². The number of nitro groups is 1. The molecule has 392 valence electrons. The van der Waals surface area contributed by atoms with Crippen molar-refractivity contribution in [3.8, 4) is 27.0 Å². The van der Waals surface area contributed by atoms with Crippen molar-refractivity contribution in [3.05, 3.63) is 244 Å². The number of non-ortho nitro benzene ring substituents is 1. The average molecular weight is 1070 g/mol. The summed E-state index contributed by atoms with van der Waals surface area (Å²) in [4.78, 5) is 17.8. The van der Waals surface area contributed by atoms with E-state index in [0.29, 0.717) is 11.1 Å². The van der Waals surface area contributed by atoms with Gasteiger partial charge in [0.15, 0.2) is 0 Å². The lowest BCUT2D eigenvalue weighted by Crippen LogP contribution is -2.09. The second-order valence-electron chi connectivity index (χ2n) is 19.8. The number of unbranched alkanes of at least 4 members (excludes halogenated alkanes) is 9. The zero-order valence-electron chi connectivity index (χ0n) is 44.5. The Balaban J connectivity index is 0.884. The highest BCUT2D eigenvalue weighted by Crippen LogP contribution is 2.44. The van der Waals surface area contributed by atoms with Crippen LogP contribution in [0.15, 0.2) is 206 Å². The van der Waals surface area contributed by atoms with Crippen LogP contribution >= 0.6 is 23.1 Å². The number of allylic oxidation sites excluding steroid dienone is 1. The third-order valence-corrected chi connectivity index (χ3v) is 16.1. The highest BCUT2D eigenvalue weighted by atomic mass is 32.1. The Hall–Kier alpha value is -8.75. The molecule has 2 heterocycles. The fraction of sp³-hybridized carbons (Fsp3) is 0.174. The van der Waals surface area contributed by atoms with Gasteiger partial charge in [-0.1, -0.05) is 180 Å². The zero-order valence-corrected chi connectivity index (χ0v) is 46.1. The summed E-state index contributed by atoms with van der Waals surface area (Å²) in [7, 11) is 0. The lowest BCUT2D eigenvalue weighted by molar-refractivity contribution is -0.384. The number of hydrogen-bond acceptors (Lipinski definition) is 9. The number of thiophene rings is 1. The second-order valence-corrected chi connectivity index (χ2v) is 21.4. The van der Waals surface area contributed by atoms with Crippen molar-refractivity contribution in [2.75, 3.05) is 9.80 Å². The van der Waals surface area contributed by atoms with Crippen LogP contribution in [0.2, 0.25) is 0 Å².